The van der Waals surface area contributed by atoms with Gasteiger partial charge >= 0.3 is 0 Å². The van der Waals surface area contributed by atoms with Gasteiger partial charge in [-0.25, -0.2) is 13.1 Å². The van der Waals surface area contributed by atoms with E-state index in [0.717, 1.165) is 12.8 Å². The molecule has 0 atom stereocenters. The molecule has 0 saturated heterocycles. The zero-order valence-electron chi connectivity index (χ0n) is 12.5. The summed E-state index contributed by atoms with van der Waals surface area (Å²) in [6.45, 7) is 2.40. The molecule has 0 aromatic heterocycles. The van der Waals surface area contributed by atoms with Crippen molar-refractivity contribution in [3.8, 4) is 0 Å². The van der Waals surface area contributed by atoms with Gasteiger partial charge in [-0.15, -0.1) is 0 Å². The van der Waals surface area contributed by atoms with Crippen LogP contribution in [0.4, 0.5) is 5.69 Å². The van der Waals surface area contributed by atoms with Gasteiger partial charge in [0.1, 0.15) is 0 Å². The molecule has 3 N–H and O–H groups in total. The van der Waals surface area contributed by atoms with Gasteiger partial charge in [0.2, 0.25) is 10.0 Å². The fraction of sp³-hybridized carbons (Fsp3) is 0.600. The molecule has 1 saturated carbocycles. The van der Waals surface area contributed by atoms with Gasteiger partial charge in [-0.1, -0.05) is 25.3 Å². The highest BCUT2D eigenvalue weighted by molar-refractivity contribution is 7.89. The Labute approximate surface area is 126 Å². The summed E-state index contributed by atoms with van der Waals surface area (Å²) in [6.07, 6.45) is 6.15. The molecule has 5 nitrogen and oxygen atoms in total. The number of nitrogens with one attached hydrogen (secondary N) is 1. The van der Waals surface area contributed by atoms with Crippen molar-refractivity contribution >= 4 is 15.7 Å². The Kier molecular flexibility index (Phi) is 5.61. The van der Waals surface area contributed by atoms with Crippen molar-refractivity contribution in [1.29, 1.82) is 0 Å². The zero-order valence-corrected chi connectivity index (χ0v) is 13.3. The molecule has 0 radical (unpaired) electrons. The smallest absolute Gasteiger partial charge is 0.240 e. The highest BCUT2D eigenvalue weighted by Gasteiger charge is 2.18. The Balaban J connectivity index is 1.85. The van der Waals surface area contributed by atoms with E-state index in [0.29, 0.717) is 17.9 Å². The topological polar surface area (TPSA) is 81.4 Å². The van der Waals surface area contributed by atoms with Gasteiger partial charge in [-0.3, -0.25) is 0 Å². The van der Waals surface area contributed by atoms with Gasteiger partial charge in [0, 0.05) is 12.2 Å². The largest absolute Gasteiger partial charge is 0.398 e. The summed E-state index contributed by atoms with van der Waals surface area (Å²) in [5, 5.41) is 0. The maximum absolute atomic E-state index is 12.2. The van der Waals surface area contributed by atoms with Crippen molar-refractivity contribution in [2.45, 2.75) is 50.0 Å². The van der Waals surface area contributed by atoms with E-state index in [1.165, 1.54) is 19.3 Å². The number of anilines is 1. The normalized spacial score (nSPS) is 17.0. The SMILES string of the molecule is Cc1c(N)cccc1S(=O)(=O)NCCOC1CCCCC1. The second-order valence-corrected chi connectivity index (χ2v) is 7.23. The molecular weight excluding hydrogens is 288 g/mol. The molecular formula is C15H24N2O3S. The van der Waals surface area contributed by atoms with Crippen LogP contribution in [0.25, 0.3) is 0 Å². The van der Waals surface area contributed by atoms with Gasteiger partial charge in [-0.05, 0) is 37.5 Å². The average molecular weight is 312 g/mol. The Morgan fingerprint density at radius 2 is 2.00 bits per heavy atom. The number of hydrogen-bond acceptors (Lipinski definition) is 4. The number of nitrogens with two attached hydrogens (primary N) is 1. The number of nitrogen functional groups attached to an aromatic ring is 1. The molecule has 1 aliphatic carbocycles. The molecule has 21 heavy (non-hydrogen) atoms. The van der Waals surface area contributed by atoms with Gasteiger partial charge in [-0.2, -0.15) is 0 Å². The van der Waals surface area contributed by atoms with Crippen molar-refractivity contribution in [3.63, 3.8) is 0 Å². The number of benzene rings is 1. The quantitative estimate of drug-likeness (QED) is 0.623. The average Bonchev–Trinajstić information content (AvgIpc) is 2.47. The molecule has 1 aliphatic rings. The van der Waals surface area contributed by atoms with Crippen LogP contribution in [0.1, 0.15) is 37.7 Å². The van der Waals surface area contributed by atoms with E-state index >= 15 is 0 Å². The molecule has 1 aromatic rings. The first-order valence-electron chi connectivity index (χ1n) is 7.47. The summed E-state index contributed by atoms with van der Waals surface area (Å²) in [5.74, 6) is 0. The van der Waals surface area contributed by atoms with Crippen LogP contribution >= 0.6 is 0 Å². The van der Waals surface area contributed by atoms with Crippen LogP contribution in [-0.4, -0.2) is 27.7 Å². The Bertz CT molecular complexity index is 566. The van der Waals surface area contributed by atoms with E-state index in [1.54, 1.807) is 25.1 Å². The first-order valence-corrected chi connectivity index (χ1v) is 8.95. The monoisotopic (exact) mass is 312 g/mol. The Hall–Kier alpha value is -1.11. The molecule has 0 bridgehead atoms. The standard InChI is InChI=1S/C15H24N2O3S/c1-12-14(16)8-5-9-15(12)21(18,19)17-10-11-20-13-6-3-2-4-7-13/h5,8-9,13,17H,2-4,6-7,10-11,16H2,1H3. The summed E-state index contributed by atoms with van der Waals surface area (Å²) >= 11 is 0. The van der Waals surface area contributed by atoms with Gasteiger partial charge in [0.15, 0.2) is 0 Å². The predicted molar refractivity (Wildman–Crippen MR) is 83.6 cm³/mol. The molecule has 0 aliphatic heterocycles. The predicted octanol–water partition coefficient (Wildman–Crippen LogP) is 2.20. The third-order valence-corrected chi connectivity index (χ3v) is 5.52. The summed E-state index contributed by atoms with van der Waals surface area (Å²) in [6, 6.07) is 4.91. The van der Waals surface area contributed by atoms with Crippen LogP contribution in [0.5, 0.6) is 0 Å². The highest BCUT2D eigenvalue weighted by Crippen LogP contribution is 2.21. The minimum Gasteiger partial charge on any atom is -0.398 e. The lowest BCUT2D eigenvalue weighted by atomic mass is 9.98. The summed E-state index contributed by atoms with van der Waals surface area (Å²) < 4.78 is 32.8. The van der Waals surface area contributed by atoms with Gasteiger partial charge in [0.25, 0.3) is 0 Å². The molecule has 1 aromatic carbocycles. The first kappa shape index (κ1) is 16.3. The van der Waals surface area contributed by atoms with Crippen molar-refractivity contribution in [3.05, 3.63) is 23.8 Å². The number of hydrogen-bond donors (Lipinski definition) is 2. The lowest BCUT2D eigenvalue weighted by Gasteiger charge is -2.22. The van der Waals surface area contributed by atoms with Crippen molar-refractivity contribution in [1.82, 2.24) is 4.72 Å². The fourth-order valence-electron chi connectivity index (χ4n) is 2.63. The lowest BCUT2D eigenvalue weighted by Crippen LogP contribution is -2.30. The number of rotatable bonds is 6. The molecule has 6 heteroatoms. The van der Waals surface area contributed by atoms with Crippen LogP contribution in [0, 0.1) is 6.92 Å². The van der Waals surface area contributed by atoms with E-state index < -0.39 is 10.0 Å². The minimum absolute atomic E-state index is 0.236. The van der Waals surface area contributed by atoms with Gasteiger partial charge < -0.3 is 10.5 Å². The maximum Gasteiger partial charge on any atom is 0.240 e. The van der Waals surface area contributed by atoms with Crippen molar-refractivity contribution < 1.29 is 13.2 Å². The van der Waals surface area contributed by atoms with Crippen LogP contribution in [-0.2, 0) is 14.8 Å². The zero-order chi connectivity index (χ0) is 15.3. The van der Waals surface area contributed by atoms with E-state index in [1.807, 2.05) is 0 Å². The first-order chi connectivity index (χ1) is 10.0. The second-order valence-electron chi connectivity index (χ2n) is 5.50. The van der Waals surface area contributed by atoms with E-state index in [-0.39, 0.29) is 17.5 Å². The van der Waals surface area contributed by atoms with Crippen LogP contribution in [0.2, 0.25) is 0 Å². The van der Waals surface area contributed by atoms with E-state index in [2.05, 4.69) is 4.72 Å². The fourth-order valence-corrected chi connectivity index (χ4v) is 3.92. The number of ether oxygens (including phenoxy) is 1. The lowest BCUT2D eigenvalue weighted by molar-refractivity contribution is 0.0321. The molecule has 2 rings (SSSR count). The van der Waals surface area contributed by atoms with E-state index in [9.17, 15) is 8.42 Å². The van der Waals surface area contributed by atoms with Crippen molar-refractivity contribution in [2.24, 2.45) is 0 Å². The second kappa shape index (κ2) is 7.24. The van der Waals surface area contributed by atoms with E-state index in [4.69, 9.17) is 10.5 Å². The molecule has 0 heterocycles. The summed E-state index contributed by atoms with van der Waals surface area (Å²) in [4.78, 5) is 0.236. The summed E-state index contributed by atoms with van der Waals surface area (Å²) in [5.41, 5.74) is 6.82. The molecule has 0 spiro atoms. The molecule has 1 fully saturated rings. The third kappa shape index (κ3) is 4.43. The van der Waals surface area contributed by atoms with Crippen molar-refractivity contribution in [2.75, 3.05) is 18.9 Å². The third-order valence-electron chi connectivity index (χ3n) is 3.92. The van der Waals surface area contributed by atoms with Crippen LogP contribution < -0.4 is 10.5 Å². The molecule has 118 valence electrons. The highest BCUT2D eigenvalue weighted by atomic mass is 32.2. The van der Waals surface area contributed by atoms with Gasteiger partial charge in [0.05, 0.1) is 17.6 Å². The molecule has 0 amide bonds. The Morgan fingerprint density at radius 3 is 2.71 bits per heavy atom. The molecule has 0 unspecified atom stereocenters. The van der Waals surface area contributed by atoms with Crippen LogP contribution in [0.15, 0.2) is 23.1 Å². The minimum atomic E-state index is -3.53. The maximum atomic E-state index is 12.2. The van der Waals surface area contributed by atoms with Crippen LogP contribution in [0.3, 0.4) is 0 Å². The Morgan fingerprint density at radius 1 is 1.29 bits per heavy atom. The summed E-state index contributed by atoms with van der Waals surface area (Å²) in [7, 11) is -3.53. The number of sulfonamides is 1.